The van der Waals surface area contributed by atoms with Gasteiger partial charge in [0.25, 0.3) is 0 Å². The van der Waals surface area contributed by atoms with Gasteiger partial charge < -0.3 is 9.73 Å². The van der Waals surface area contributed by atoms with Crippen molar-refractivity contribution in [3.8, 4) is 11.3 Å². The molecule has 0 amide bonds. The van der Waals surface area contributed by atoms with Gasteiger partial charge in [0.05, 0.1) is 6.20 Å². The van der Waals surface area contributed by atoms with E-state index in [1.54, 1.807) is 17.5 Å². The van der Waals surface area contributed by atoms with Gasteiger partial charge in [-0.2, -0.15) is 11.3 Å². The van der Waals surface area contributed by atoms with Crippen LogP contribution >= 0.6 is 11.3 Å². The molecule has 0 aromatic carbocycles. The number of hydrogen-bond acceptors (Lipinski definition) is 4. The van der Waals surface area contributed by atoms with E-state index in [1.807, 2.05) is 7.05 Å². The normalized spacial score (nSPS) is 10.8. The van der Waals surface area contributed by atoms with Crippen LogP contribution in [0.25, 0.3) is 11.3 Å². The molecule has 0 unspecified atom stereocenters. The standard InChI is InChI=1S/C11H14N2OS/c1-8-6-15-7-9(8)10-5-13-11(14-10)3-4-12-2/h5-7,12H,3-4H2,1-2H3. The summed E-state index contributed by atoms with van der Waals surface area (Å²) in [4.78, 5) is 4.25. The lowest BCUT2D eigenvalue weighted by molar-refractivity contribution is 0.500. The van der Waals surface area contributed by atoms with Crippen LogP contribution in [0.15, 0.2) is 21.4 Å². The Morgan fingerprint density at radius 2 is 2.33 bits per heavy atom. The fraction of sp³-hybridized carbons (Fsp3) is 0.364. The van der Waals surface area contributed by atoms with Crippen LogP contribution in [0.2, 0.25) is 0 Å². The van der Waals surface area contributed by atoms with Gasteiger partial charge in [-0.25, -0.2) is 4.98 Å². The van der Waals surface area contributed by atoms with E-state index in [9.17, 15) is 0 Å². The molecule has 0 aliphatic heterocycles. The van der Waals surface area contributed by atoms with E-state index in [4.69, 9.17) is 4.42 Å². The lowest BCUT2D eigenvalue weighted by atomic mass is 10.2. The number of likely N-dealkylation sites (N-methyl/N-ethyl adjacent to an activating group) is 1. The van der Waals surface area contributed by atoms with Gasteiger partial charge in [0.2, 0.25) is 0 Å². The maximum absolute atomic E-state index is 5.67. The number of thiophene rings is 1. The maximum Gasteiger partial charge on any atom is 0.196 e. The van der Waals surface area contributed by atoms with E-state index in [1.165, 1.54) is 5.56 Å². The van der Waals surface area contributed by atoms with E-state index in [-0.39, 0.29) is 0 Å². The van der Waals surface area contributed by atoms with Crippen molar-refractivity contribution < 1.29 is 4.42 Å². The molecule has 2 aromatic heterocycles. The topological polar surface area (TPSA) is 38.1 Å². The number of nitrogens with zero attached hydrogens (tertiary/aromatic N) is 1. The highest BCUT2D eigenvalue weighted by Gasteiger charge is 2.08. The van der Waals surface area contributed by atoms with Gasteiger partial charge in [0.1, 0.15) is 0 Å². The van der Waals surface area contributed by atoms with Crippen molar-refractivity contribution in [3.05, 3.63) is 28.4 Å². The zero-order chi connectivity index (χ0) is 10.7. The molecular formula is C11H14N2OS. The molecule has 80 valence electrons. The molecule has 0 atom stereocenters. The monoisotopic (exact) mass is 222 g/mol. The summed E-state index contributed by atoms with van der Waals surface area (Å²) in [5.41, 5.74) is 2.40. The molecule has 0 aliphatic rings. The van der Waals surface area contributed by atoms with Gasteiger partial charge >= 0.3 is 0 Å². The molecule has 1 N–H and O–H groups in total. The van der Waals surface area contributed by atoms with Crippen LogP contribution in [0.1, 0.15) is 11.5 Å². The number of hydrogen-bond donors (Lipinski definition) is 1. The smallest absolute Gasteiger partial charge is 0.196 e. The largest absolute Gasteiger partial charge is 0.441 e. The van der Waals surface area contributed by atoms with E-state index >= 15 is 0 Å². The Labute approximate surface area is 93.2 Å². The summed E-state index contributed by atoms with van der Waals surface area (Å²) in [5.74, 6) is 1.67. The van der Waals surface area contributed by atoms with E-state index in [2.05, 4.69) is 28.0 Å². The molecule has 2 aromatic rings. The molecule has 0 saturated heterocycles. The molecule has 2 heterocycles. The third-order valence-electron chi connectivity index (χ3n) is 2.26. The highest BCUT2D eigenvalue weighted by molar-refractivity contribution is 7.08. The summed E-state index contributed by atoms with van der Waals surface area (Å²) in [6, 6.07) is 0. The molecule has 0 bridgehead atoms. The summed E-state index contributed by atoms with van der Waals surface area (Å²) in [6.45, 7) is 2.98. The Kier molecular flexibility index (Phi) is 3.18. The van der Waals surface area contributed by atoms with Crippen LogP contribution in [0.5, 0.6) is 0 Å². The van der Waals surface area contributed by atoms with Crippen LogP contribution in [0, 0.1) is 6.92 Å². The van der Waals surface area contributed by atoms with Gasteiger partial charge in [-0.15, -0.1) is 0 Å². The zero-order valence-corrected chi connectivity index (χ0v) is 9.73. The van der Waals surface area contributed by atoms with Crippen molar-refractivity contribution in [3.63, 3.8) is 0 Å². The molecule has 0 spiro atoms. The first kappa shape index (κ1) is 10.4. The first-order valence-corrected chi connectivity index (χ1v) is 5.88. The first-order valence-electron chi connectivity index (χ1n) is 4.93. The number of aromatic nitrogens is 1. The second-order valence-corrected chi connectivity index (χ2v) is 4.18. The number of nitrogens with one attached hydrogen (secondary N) is 1. The third kappa shape index (κ3) is 2.27. The van der Waals surface area contributed by atoms with Crippen LogP contribution < -0.4 is 5.32 Å². The van der Waals surface area contributed by atoms with Crippen molar-refractivity contribution in [2.24, 2.45) is 0 Å². The van der Waals surface area contributed by atoms with Crippen molar-refractivity contribution in [2.75, 3.05) is 13.6 Å². The van der Waals surface area contributed by atoms with Gasteiger partial charge in [0, 0.05) is 23.9 Å². The SMILES string of the molecule is CNCCc1ncc(-c2cscc2C)o1. The fourth-order valence-corrected chi connectivity index (χ4v) is 2.23. The minimum absolute atomic E-state index is 0.796. The molecular weight excluding hydrogens is 208 g/mol. The molecule has 4 heteroatoms. The second kappa shape index (κ2) is 4.59. The quantitative estimate of drug-likeness (QED) is 0.863. The number of oxazole rings is 1. The molecule has 0 saturated carbocycles. The minimum Gasteiger partial charge on any atom is -0.441 e. The molecule has 0 aliphatic carbocycles. The van der Waals surface area contributed by atoms with Gasteiger partial charge in [-0.1, -0.05) is 0 Å². The minimum atomic E-state index is 0.796. The van der Waals surface area contributed by atoms with E-state index in [0.29, 0.717) is 0 Å². The highest BCUT2D eigenvalue weighted by atomic mass is 32.1. The predicted octanol–water partition coefficient (Wildman–Crippen LogP) is 2.47. The van der Waals surface area contributed by atoms with E-state index < -0.39 is 0 Å². The van der Waals surface area contributed by atoms with Crippen LogP contribution in [-0.2, 0) is 6.42 Å². The third-order valence-corrected chi connectivity index (χ3v) is 3.12. The Morgan fingerprint density at radius 3 is 3.00 bits per heavy atom. The lowest BCUT2D eigenvalue weighted by Crippen LogP contribution is -2.10. The van der Waals surface area contributed by atoms with Crippen molar-refractivity contribution in [2.45, 2.75) is 13.3 Å². The van der Waals surface area contributed by atoms with Crippen LogP contribution in [-0.4, -0.2) is 18.6 Å². The average Bonchev–Trinajstić information content (AvgIpc) is 2.83. The van der Waals surface area contributed by atoms with E-state index in [0.717, 1.165) is 30.2 Å². The van der Waals surface area contributed by atoms with Crippen molar-refractivity contribution in [1.82, 2.24) is 10.3 Å². The molecule has 15 heavy (non-hydrogen) atoms. The van der Waals surface area contributed by atoms with Crippen LogP contribution in [0.3, 0.4) is 0 Å². The summed E-state index contributed by atoms with van der Waals surface area (Å²) < 4.78 is 5.67. The number of rotatable bonds is 4. The van der Waals surface area contributed by atoms with Crippen molar-refractivity contribution >= 4 is 11.3 Å². The molecule has 3 nitrogen and oxygen atoms in total. The molecule has 0 radical (unpaired) electrons. The Balaban J connectivity index is 2.17. The highest BCUT2D eigenvalue weighted by Crippen LogP contribution is 2.27. The summed E-state index contributed by atoms with van der Waals surface area (Å²) in [5, 5.41) is 7.28. The molecule has 2 rings (SSSR count). The Hall–Kier alpha value is -1.13. The van der Waals surface area contributed by atoms with Crippen LogP contribution in [0.4, 0.5) is 0 Å². The van der Waals surface area contributed by atoms with Gasteiger partial charge in [-0.05, 0) is 24.9 Å². The number of aryl methyl sites for hydroxylation is 1. The Bertz CT molecular complexity index is 433. The summed E-state index contributed by atoms with van der Waals surface area (Å²) in [7, 11) is 1.92. The Morgan fingerprint density at radius 1 is 1.47 bits per heavy atom. The first-order chi connectivity index (χ1) is 7.31. The summed E-state index contributed by atoms with van der Waals surface area (Å²) >= 11 is 1.69. The lowest BCUT2D eigenvalue weighted by Gasteiger charge is -1.95. The maximum atomic E-state index is 5.67. The fourth-order valence-electron chi connectivity index (χ4n) is 1.40. The van der Waals surface area contributed by atoms with Gasteiger partial charge in [-0.3, -0.25) is 0 Å². The average molecular weight is 222 g/mol. The van der Waals surface area contributed by atoms with Gasteiger partial charge in [0.15, 0.2) is 11.7 Å². The second-order valence-electron chi connectivity index (χ2n) is 3.44. The molecule has 0 fully saturated rings. The predicted molar refractivity (Wildman–Crippen MR) is 62.2 cm³/mol. The zero-order valence-electron chi connectivity index (χ0n) is 8.91. The summed E-state index contributed by atoms with van der Waals surface area (Å²) in [6.07, 6.45) is 2.64. The van der Waals surface area contributed by atoms with Crippen molar-refractivity contribution in [1.29, 1.82) is 0 Å².